The van der Waals surface area contributed by atoms with Gasteiger partial charge in [0.15, 0.2) is 0 Å². The van der Waals surface area contributed by atoms with Crippen LogP contribution in [0, 0.1) is 0 Å². The zero-order chi connectivity index (χ0) is 19.2. The van der Waals surface area contributed by atoms with Crippen molar-refractivity contribution in [3.8, 4) is 11.4 Å². The highest BCUT2D eigenvalue weighted by molar-refractivity contribution is 7.08. The lowest BCUT2D eigenvalue weighted by molar-refractivity contribution is -0.117. The molecule has 0 saturated carbocycles. The largest absolute Gasteiger partial charge is 0.339 e. The van der Waals surface area contributed by atoms with Crippen LogP contribution >= 0.6 is 11.3 Å². The molecule has 140 valence electrons. The number of tetrazole rings is 1. The number of rotatable bonds is 7. The van der Waals surface area contributed by atoms with Gasteiger partial charge in [-0.2, -0.15) is 16.1 Å². The van der Waals surface area contributed by atoms with Gasteiger partial charge >= 0.3 is 0 Å². The van der Waals surface area contributed by atoms with Gasteiger partial charge in [-0.1, -0.05) is 6.07 Å². The highest BCUT2D eigenvalue weighted by atomic mass is 32.1. The number of aromatic nitrogens is 4. The van der Waals surface area contributed by atoms with E-state index in [1.165, 1.54) is 4.80 Å². The Morgan fingerprint density at radius 3 is 2.74 bits per heavy atom. The minimum absolute atomic E-state index is 0.0607. The van der Waals surface area contributed by atoms with Crippen molar-refractivity contribution >= 4 is 28.8 Å². The average Bonchev–Trinajstić information content (AvgIpc) is 3.34. The number of amides is 2. The third-order valence-electron chi connectivity index (χ3n) is 3.96. The van der Waals surface area contributed by atoms with Crippen LogP contribution in [0.4, 0.5) is 5.69 Å². The van der Waals surface area contributed by atoms with Crippen LogP contribution in [-0.2, 0) is 11.3 Å². The minimum atomic E-state index is -0.295. The zero-order valence-electron chi connectivity index (χ0n) is 15.1. The van der Waals surface area contributed by atoms with E-state index in [0.717, 1.165) is 5.56 Å². The number of hydrogen-bond acceptors (Lipinski definition) is 6. The summed E-state index contributed by atoms with van der Waals surface area (Å²) >= 11 is 1.54. The maximum atomic E-state index is 12.4. The standard InChI is InChI=1S/C18H20N6O2S/c1-3-23(4-2)18(26)13-6-5-7-15(10-13)19-16(25)11-24-21-17(20-22-24)14-8-9-27-12-14/h5-10,12H,3-4,11H2,1-2H3,(H,19,25). The van der Waals surface area contributed by atoms with E-state index in [1.54, 1.807) is 40.5 Å². The smallest absolute Gasteiger partial charge is 0.253 e. The number of carbonyl (C=O) groups is 2. The summed E-state index contributed by atoms with van der Waals surface area (Å²) in [5.41, 5.74) is 1.96. The molecule has 0 atom stereocenters. The normalized spacial score (nSPS) is 10.6. The van der Waals surface area contributed by atoms with Crippen LogP contribution in [0.1, 0.15) is 24.2 Å². The first-order valence-corrected chi connectivity index (χ1v) is 9.54. The Labute approximate surface area is 160 Å². The van der Waals surface area contributed by atoms with Gasteiger partial charge in [0.05, 0.1) is 0 Å². The van der Waals surface area contributed by atoms with Crippen molar-refractivity contribution in [1.29, 1.82) is 0 Å². The van der Waals surface area contributed by atoms with Gasteiger partial charge in [-0.15, -0.1) is 10.2 Å². The third-order valence-corrected chi connectivity index (χ3v) is 4.64. The summed E-state index contributed by atoms with van der Waals surface area (Å²) < 4.78 is 0. The topological polar surface area (TPSA) is 93.0 Å². The molecule has 2 amide bonds. The van der Waals surface area contributed by atoms with Crippen LogP contribution in [0.5, 0.6) is 0 Å². The van der Waals surface area contributed by atoms with E-state index in [4.69, 9.17) is 0 Å². The summed E-state index contributed by atoms with van der Waals surface area (Å²) in [7, 11) is 0. The van der Waals surface area contributed by atoms with Gasteiger partial charge in [-0.3, -0.25) is 9.59 Å². The molecule has 27 heavy (non-hydrogen) atoms. The van der Waals surface area contributed by atoms with Crippen molar-refractivity contribution in [2.45, 2.75) is 20.4 Å². The molecule has 1 N–H and O–H groups in total. The molecule has 0 saturated heterocycles. The van der Waals surface area contributed by atoms with E-state index in [9.17, 15) is 9.59 Å². The molecule has 0 aliphatic carbocycles. The van der Waals surface area contributed by atoms with Crippen molar-refractivity contribution in [1.82, 2.24) is 25.1 Å². The monoisotopic (exact) mass is 384 g/mol. The number of carbonyl (C=O) groups excluding carboxylic acids is 2. The van der Waals surface area contributed by atoms with Gasteiger partial charge in [-0.05, 0) is 48.7 Å². The fourth-order valence-electron chi connectivity index (χ4n) is 2.57. The van der Waals surface area contributed by atoms with Gasteiger partial charge in [0.25, 0.3) is 5.91 Å². The van der Waals surface area contributed by atoms with Gasteiger partial charge < -0.3 is 10.2 Å². The number of nitrogens with zero attached hydrogens (tertiary/aromatic N) is 5. The summed E-state index contributed by atoms with van der Waals surface area (Å²) in [5.74, 6) is 0.127. The lowest BCUT2D eigenvalue weighted by Gasteiger charge is -2.19. The second kappa shape index (κ2) is 8.54. The molecule has 0 spiro atoms. The number of benzene rings is 1. The second-order valence-corrected chi connectivity index (χ2v) is 6.54. The first kappa shape index (κ1) is 18.7. The molecule has 0 aliphatic rings. The van der Waals surface area contributed by atoms with Gasteiger partial charge in [0, 0.05) is 35.3 Å². The molecule has 0 aliphatic heterocycles. The Balaban J connectivity index is 1.64. The van der Waals surface area contributed by atoms with Gasteiger partial charge in [0.1, 0.15) is 6.54 Å². The van der Waals surface area contributed by atoms with Gasteiger partial charge in [0.2, 0.25) is 11.7 Å². The molecular weight excluding hydrogens is 364 g/mol. The minimum Gasteiger partial charge on any atom is -0.339 e. The number of anilines is 1. The van der Waals surface area contributed by atoms with Crippen LogP contribution in [0.2, 0.25) is 0 Å². The maximum Gasteiger partial charge on any atom is 0.253 e. The fourth-order valence-corrected chi connectivity index (χ4v) is 3.20. The Hall–Kier alpha value is -3.07. The third kappa shape index (κ3) is 4.56. The summed E-state index contributed by atoms with van der Waals surface area (Å²) in [6.45, 7) is 5.07. The lowest BCUT2D eigenvalue weighted by Crippen LogP contribution is -2.30. The predicted octanol–water partition coefficient (Wildman–Crippen LogP) is 2.52. The van der Waals surface area contributed by atoms with Crippen molar-refractivity contribution in [3.05, 3.63) is 46.7 Å². The summed E-state index contributed by atoms with van der Waals surface area (Å²) in [6, 6.07) is 8.79. The highest BCUT2D eigenvalue weighted by Crippen LogP contribution is 2.17. The number of hydrogen-bond donors (Lipinski definition) is 1. The molecule has 0 fully saturated rings. The highest BCUT2D eigenvalue weighted by Gasteiger charge is 2.14. The molecule has 2 aromatic heterocycles. The Morgan fingerprint density at radius 2 is 2.04 bits per heavy atom. The SMILES string of the molecule is CCN(CC)C(=O)c1cccc(NC(=O)Cn2nnc(-c3ccsc3)n2)c1. The molecular formula is C18H20N6O2S. The Bertz CT molecular complexity index is 918. The van der Waals surface area contributed by atoms with E-state index >= 15 is 0 Å². The predicted molar refractivity (Wildman–Crippen MR) is 103 cm³/mol. The van der Waals surface area contributed by atoms with Crippen LogP contribution in [0.15, 0.2) is 41.1 Å². The van der Waals surface area contributed by atoms with Crippen LogP contribution in [-0.4, -0.2) is 50.0 Å². The first-order valence-electron chi connectivity index (χ1n) is 8.60. The first-order chi connectivity index (χ1) is 13.1. The van der Waals surface area contributed by atoms with Crippen LogP contribution in [0.25, 0.3) is 11.4 Å². The molecule has 1 aromatic carbocycles. The van der Waals surface area contributed by atoms with E-state index in [-0.39, 0.29) is 18.4 Å². The summed E-state index contributed by atoms with van der Waals surface area (Å²) in [6.07, 6.45) is 0. The fraction of sp³-hybridized carbons (Fsp3) is 0.278. The van der Waals surface area contributed by atoms with Gasteiger partial charge in [-0.25, -0.2) is 0 Å². The second-order valence-electron chi connectivity index (χ2n) is 5.76. The molecule has 3 rings (SSSR count). The molecule has 0 radical (unpaired) electrons. The molecule has 0 bridgehead atoms. The van der Waals surface area contributed by atoms with E-state index in [1.807, 2.05) is 30.7 Å². The van der Waals surface area contributed by atoms with E-state index in [0.29, 0.717) is 30.2 Å². The van der Waals surface area contributed by atoms with Crippen LogP contribution < -0.4 is 5.32 Å². The molecule has 3 aromatic rings. The molecule has 9 heteroatoms. The summed E-state index contributed by atoms with van der Waals surface area (Å²) in [5, 5.41) is 18.7. The van der Waals surface area contributed by atoms with Crippen LogP contribution in [0.3, 0.4) is 0 Å². The molecule has 0 unspecified atom stereocenters. The zero-order valence-corrected chi connectivity index (χ0v) is 15.9. The van der Waals surface area contributed by atoms with E-state index in [2.05, 4.69) is 20.7 Å². The quantitative estimate of drug-likeness (QED) is 0.676. The van der Waals surface area contributed by atoms with Crippen molar-refractivity contribution < 1.29 is 9.59 Å². The lowest BCUT2D eigenvalue weighted by atomic mass is 10.1. The van der Waals surface area contributed by atoms with E-state index < -0.39 is 0 Å². The molecule has 2 heterocycles. The number of thiophene rings is 1. The molecule has 8 nitrogen and oxygen atoms in total. The van der Waals surface area contributed by atoms with Crippen molar-refractivity contribution in [3.63, 3.8) is 0 Å². The Kier molecular flexibility index (Phi) is 5.92. The maximum absolute atomic E-state index is 12.4. The van der Waals surface area contributed by atoms with Crippen molar-refractivity contribution in [2.24, 2.45) is 0 Å². The Morgan fingerprint density at radius 1 is 1.22 bits per heavy atom. The van der Waals surface area contributed by atoms with Crippen molar-refractivity contribution in [2.75, 3.05) is 18.4 Å². The summed E-state index contributed by atoms with van der Waals surface area (Å²) in [4.78, 5) is 27.7. The average molecular weight is 384 g/mol. The number of nitrogens with one attached hydrogen (secondary N) is 1.